The second kappa shape index (κ2) is 6.72. The van der Waals surface area contributed by atoms with Crippen molar-refractivity contribution in [3.05, 3.63) is 0 Å². The van der Waals surface area contributed by atoms with Gasteiger partial charge in [0, 0.05) is 25.2 Å². The number of likely N-dealkylation sites (N-methyl/N-ethyl adjacent to an activating group) is 1. The molecule has 0 aromatic carbocycles. The average molecular weight is 239 g/mol. The van der Waals surface area contributed by atoms with Gasteiger partial charge in [0.2, 0.25) is 0 Å². The van der Waals surface area contributed by atoms with Gasteiger partial charge in [-0.3, -0.25) is 0 Å². The fourth-order valence-corrected chi connectivity index (χ4v) is 3.19. The van der Waals surface area contributed by atoms with Crippen molar-refractivity contribution in [2.45, 2.75) is 51.1 Å². The van der Waals surface area contributed by atoms with Crippen LogP contribution in [-0.2, 0) is 0 Å². The Hall–Kier alpha value is -0.120. The number of rotatable bonds is 5. The van der Waals surface area contributed by atoms with Crippen molar-refractivity contribution >= 4 is 0 Å². The van der Waals surface area contributed by atoms with Gasteiger partial charge < -0.3 is 15.1 Å². The number of hydrogen-bond acceptors (Lipinski definition) is 3. The minimum atomic E-state index is 0.754. The Labute approximate surface area is 107 Å². The molecule has 2 fully saturated rings. The molecule has 17 heavy (non-hydrogen) atoms. The van der Waals surface area contributed by atoms with Crippen molar-refractivity contribution < 1.29 is 0 Å². The number of nitrogens with one attached hydrogen (secondary N) is 1. The standard InChI is InChI=1S/C14H29N3/c1-3-8-15-13-7-10-17(11-13)12-14-6-4-5-9-16(14)2/h13-15H,3-12H2,1-2H3. The summed E-state index contributed by atoms with van der Waals surface area (Å²) in [5, 5.41) is 3.65. The Bertz CT molecular complexity index is 220. The van der Waals surface area contributed by atoms with Crippen molar-refractivity contribution in [2.75, 3.05) is 39.8 Å². The number of nitrogens with zero attached hydrogens (tertiary/aromatic N) is 2. The zero-order chi connectivity index (χ0) is 12.1. The van der Waals surface area contributed by atoms with E-state index in [0.717, 1.165) is 12.1 Å². The Morgan fingerprint density at radius 1 is 1.18 bits per heavy atom. The molecule has 2 aliphatic heterocycles. The van der Waals surface area contributed by atoms with Crippen LogP contribution in [0.15, 0.2) is 0 Å². The monoisotopic (exact) mass is 239 g/mol. The van der Waals surface area contributed by atoms with Gasteiger partial charge in [0.05, 0.1) is 0 Å². The summed E-state index contributed by atoms with van der Waals surface area (Å²) in [6.07, 6.45) is 6.83. The van der Waals surface area contributed by atoms with Gasteiger partial charge in [0.25, 0.3) is 0 Å². The van der Waals surface area contributed by atoms with Gasteiger partial charge >= 0.3 is 0 Å². The third kappa shape index (κ3) is 3.94. The molecule has 3 heteroatoms. The molecular formula is C14H29N3. The molecule has 0 saturated carbocycles. The molecule has 2 heterocycles. The molecule has 0 aliphatic carbocycles. The lowest BCUT2D eigenvalue weighted by molar-refractivity contribution is 0.139. The highest BCUT2D eigenvalue weighted by Crippen LogP contribution is 2.18. The zero-order valence-electron chi connectivity index (χ0n) is 11.6. The molecule has 2 rings (SSSR count). The van der Waals surface area contributed by atoms with Crippen molar-refractivity contribution in [1.29, 1.82) is 0 Å². The molecule has 2 aliphatic rings. The molecule has 0 radical (unpaired) electrons. The van der Waals surface area contributed by atoms with Crippen LogP contribution in [0.3, 0.4) is 0 Å². The second-order valence-electron chi connectivity index (χ2n) is 5.83. The van der Waals surface area contributed by atoms with Crippen LogP contribution in [0.5, 0.6) is 0 Å². The third-order valence-corrected chi connectivity index (χ3v) is 4.35. The first-order valence-electron chi connectivity index (χ1n) is 7.45. The summed E-state index contributed by atoms with van der Waals surface area (Å²) in [5.41, 5.74) is 0. The predicted octanol–water partition coefficient (Wildman–Crippen LogP) is 1.54. The summed E-state index contributed by atoms with van der Waals surface area (Å²) in [4.78, 5) is 5.23. The van der Waals surface area contributed by atoms with E-state index < -0.39 is 0 Å². The first-order chi connectivity index (χ1) is 8.29. The normalized spacial score (nSPS) is 32.1. The van der Waals surface area contributed by atoms with E-state index in [4.69, 9.17) is 0 Å². The highest BCUT2D eigenvalue weighted by molar-refractivity contribution is 4.85. The molecule has 0 amide bonds. The van der Waals surface area contributed by atoms with E-state index in [0.29, 0.717) is 0 Å². The Morgan fingerprint density at radius 2 is 2.06 bits per heavy atom. The van der Waals surface area contributed by atoms with Crippen LogP contribution in [-0.4, -0.2) is 61.7 Å². The Kier molecular flexibility index (Phi) is 5.26. The summed E-state index contributed by atoms with van der Waals surface area (Å²) in [5.74, 6) is 0. The maximum atomic E-state index is 3.65. The maximum absolute atomic E-state index is 3.65. The lowest BCUT2D eigenvalue weighted by Gasteiger charge is -2.35. The van der Waals surface area contributed by atoms with Gasteiger partial charge in [0.1, 0.15) is 0 Å². The molecule has 0 spiro atoms. The van der Waals surface area contributed by atoms with Crippen LogP contribution < -0.4 is 5.32 Å². The van der Waals surface area contributed by atoms with Crippen LogP contribution in [0, 0.1) is 0 Å². The van der Waals surface area contributed by atoms with Gasteiger partial charge in [-0.05, 0) is 52.4 Å². The lowest BCUT2D eigenvalue weighted by atomic mass is 10.0. The quantitative estimate of drug-likeness (QED) is 0.785. The SMILES string of the molecule is CCCNC1CCN(CC2CCCCN2C)C1. The first kappa shape index (κ1) is 13.3. The zero-order valence-corrected chi connectivity index (χ0v) is 11.6. The Balaban J connectivity index is 1.69. The van der Waals surface area contributed by atoms with E-state index in [-0.39, 0.29) is 0 Å². The van der Waals surface area contributed by atoms with E-state index in [2.05, 4.69) is 29.1 Å². The summed E-state index contributed by atoms with van der Waals surface area (Å²) >= 11 is 0. The lowest BCUT2D eigenvalue weighted by Crippen LogP contribution is -2.44. The highest BCUT2D eigenvalue weighted by Gasteiger charge is 2.26. The van der Waals surface area contributed by atoms with Crippen molar-refractivity contribution in [1.82, 2.24) is 15.1 Å². The molecule has 0 aromatic heterocycles. The topological polar surface area (TPSA) is 18.5 Å². The molecule has 100 valence electrons. The van der Waals surface area contributed by atoms with Gasteiger partial charge in [-0.2, -0.15) is 0 Å². The molecule has 2 atom stereocenters. The number of hydrogen-bond donors (Lipinski definition) is 1. The van der Waals surface area contributed by atoms with Crippen LogP contribution >= 0.6 is 0 Å². The average Bonchev–Trinajstić information content (AvgIpc) is 2.77. The summed E-state index contributed by atoms with van der Waals surface area (Å²) < 4.78 is 0. The summed E-state index contributed by atoms with van der Waals surface area (Å²) in [6.45, 7) is 8.59. The van der Waals surface area contributed by atoms with Crippen LogP contribution in [0.1, 0.15) is 39.0 Å². The van der Waals surface area contributed by atoms with Crippen LogP contribution in [0.25, 0.3) is 0 Å². The molecule has 0 bridgehead atoms. The summed E-state index contributed by atoms with van der Waals surface area (Å²) in [7, 11) is 2.30. The van der Waals surface area contributed by atoms with Crippen molar-refractivity contribution in [3.8, 4) is 0 Å². The van der Waals surface area contributed by atoms with E-state index in [1.54, 1.807) is 0 Å². The van der Waals surface area contributed by atoms with Crippen LogP contribution in [0.2, 0.25) is 0 Å². The van der Waals surface area contributed by atoms with Gasteiger partial charge in [-0.1, -0.05) is 13.3 Å². The minimum absolute atomic E-state index is 0.754. The van der Waals surface area contributed by atoms with Crippen molar-refractivity contribution in [3.63, 3.8) is 0 Å². The smallest absolute Gasteiger partial charge is 0.0220 e. The molecule has 0 aromatic rings. The van der Waals surface area contributed by atoms with E-state index in [9.17, 15) is 0 Å². The number of likely N-dealkylation sites (tertiary alicyclic amines) is 2. The van der Waals surface area contributed by atoms with Gasteiger partial charge in [-0.25, -0.2) is 0 Å². The second-order valence-corrected chi connectivity index (χ2v) is 5.83. The summed E-state index contributed by atoms with van der Waals surface area (Å²) in [6, 6.07) is 1.57. The minimum Gasteiger partial charge on any atom is -0.313 e. The Morgan fingerprint density at radius 3 is 2.82 bits per heavy atom. The molecular weight excluding hydrogens is 210 g/mol. The van der Waals surface area contributed by atoms with Crippen molar-refractivity contribution in [2.24, 2.45) is 0 Å². The predicted molar refractivity (Wildman–Crippen MR) is 73.4 cm³/mol. The molecule has 3 nitrogen and oxygen atoms in total. The van der Waals surface area contributed by atoms with Gasteiger partial charge in [0.15, 0.2) is 0 Å². The maximum Gasteiger partial charge on any atom is 0.0220 e. The molecule has 2 unspecified atom stereocenters. The van der Waals surface area contributed by atoms with Crippen LogP contribution in [0.4, 0.5) is 0 Å². The van der Waals surface area contributed by atoms with E-state index in [1.807, 2.05) is 0 Å². The highest BCUT2D eigenvalue weighted by atomic mass is 15.2. The fourth-order valence-electron chi connectivity index (χ4n) is 3.19. The number of piperidine rings is 1. The first-order valence-corrected chi connectivity index (χ1v) is 7.45. The van der Waals surface area contributed by atoms with Gasteiger partial charge in [-0.15, -0.1) is 0 Å². The fraction of sp³-hybridized carbons (Fsp3) is 1.00. The molecule has 1 N–H and O–H groups in total. The third-order valence-electron chi connectivity index (χ3n) is 4.35. The largest absolute Gasteiger partial charge is 0.313 e. The molecule has 2 saturated heterocycles. The van der Waals surface area contributed by atoms with E-state index >= 15 is 0 Å². The van der Waals surface area contributed by atoms with E-state index in [1.165, 1.54) is 64.8 Å².